The van der Waals surface area contributed by atoms with E-state index < -0.39 is 34.9 Å². The summed E-state index contributed by atoms with van der Waals surface area (Å²) in [7, 11) is 0. The minimum absolute atomic E-state index is 0. The van der Waals surface area contributed by atoms with Crippen molar-refractivity contribution in [3.05, 3.63) is 264 Å². The Hall–Kier alpha value is -5.52. The normalized spacial score (nSPS) is 25.9. The maximum Gasteiger partial charge on any atom is 0.162 e. The molecule has 2 unspecified atom stereocenters. The van der Waals surface area contributed by atoms with Gasteiger partial charge in [-0.15, -0.1) is 0 Å². The van der Waals surface area contributed by atoms with E-state index in [1.54, 1.807) is 82.2 Å². The molecule has 14 heteroatoms. The molecule has 7 saturated carbocycles. The Labute approximate surface area is 833 Å². The molecule has 0 radical (unpaired) electrons. The number of hydrogen-bond donors (Lipinski definition) is 0. The van der Waals surface area contributed by atoms with Crippen LogP contribution in [0.3, 0.4) is 0 Å². The molecule has 134 heavy (non-hydrogen) atoms. The molecule has 0 heterocycles. The lowest BCUT2D eigenvalue weighted by Gasteiger charge is -2.33. The van der Waals surface area contributed by atoms with Crippen LogP contribution in [0.1, 0.15) is 399 Å². The minimum Gasteiger partial charge on any atom is -0.205 e. The molecule has 0 aliphatic heterocycles. The molecule has 16 rings (SSSR count). The molecule has 754 valence electrons. The predicted octanol–water partition coefficient (Wildman–Crippen LogP) is 41.5. The SMILES string of the molecule is Cc1ccc(C2CCC(C3=CCC(C)CC3)CC2)c(F)c1Cl.Cc1ccc(C2CCC(C3=CCC(C)CC3)CC2)c(F)c1F.Cc1ccc(CCC2CCC(C)CC2)c(Cl)c1F.Cc1ccc(CCC2CCC(C)CC2)c(Cl)c1F.Cc1ccc(CCC2CCC(C)CC2)c(F)c1Cl.Cc1ccc(CCC2CCC(C)CC2)c(F)c1F.Cc1ccc(CCC2CCC(C)CC2)c(F)c1F.[HH].[HH].[HH].[HH].[HH].[HH].[HH]. The lowest BCUT2D eigenvalue weighted by atomic mass is 9.73. The third-order valence-electron chi connectivity index (χ3n) is 33.0. The fourth-order valence-electron chi connectivity index (χ4n) is 22.5. The highest BCUT2D eigenvalue weighted by Crippen LogP contribution is 2.47. The first-order valence-electron chi connectivity index (χ1n) is 52.4. The Morgan fingerprint density at radius 1 is 0.216 bits per heavy atom. The Kier molecular flexibility index (Phi) is 45.4. The molecule has 2 atom stereocenters. The summed E-state index contributed by atoms with van der Waals surface area (Å²) in [5.74, 6) is 6.98. The van der Waals surface area contributed by atoms with Crippen LogP contribution < -0.4 is 0 Å². The Bertz CT molecular complexity index is 4330. The average molecular weight is 1950 g/mol. The third-order valence-corrected chi connectivity index (χ3v) is 34.7. The highest BCUT2D eigenvalue weighted by molar-refractivity contribution is 6.32. The van der Waals surface area contributed by atoms with Gasteiger partial charge in [-0.2, -0.15) is 0 Å². The van der Waals surface area contributed by atoms with Gasteiger partial charge in [0.05, 0.1) is 20.1 Å². The monoisotopic (exact) mass is 1950 g/mol. The van der Waals surface area contributed by atoms with E-state index in [0.29, 0.717) is 101 Å². The number of aryl methyl sites for hydroxylation is 12. The molecule has 9 aliphatic carbocycles. The molecule has 0 bridgehead atoms. The van der Waals surface area contributed by atoms with E-state index in [2.05, 4.69) is 60.6 Å². The first-order valence-corrected chi connectivity index (χ1v) is 54.0. The largest absolute Gasteiger partial charge is 0.205 e. The molecule has 0 spiro atoms. The van der Waals surface area contributed by atoms with Crippen LogP contribution in [-0.4, -0.2) is 0 Å². The fraction of sp³-hybridized carbons (Fsp3) is 0.617. The molecule has 0 saturated heterocycles. The van der Waals surface area contributed by atoms with E-state index in [0.717, 1.165) is 188 Å². The number of hydrogen-bond acceptors (Lipinski definition) is 0. The van der Waals surface area contributed by atoms with Gasteiger partial charge in [-0.25, -0.2) is 43.9 Å². The molecular weight excluding hydrogens is 1770 g/mol. The first kappa shape index (κ1) is 110. The zero-order valence-electron chi connectivity index (χ0n) is 83.9. The minimum atomic E-state index is -0.676. The van der Waals surface area contributed by atoms with Crippen LogP contribution >= 0.6 is 46.4 Å². The summed E-state index contributed by atoms with van der Waals surface area (Å²) < 4.78 is 138. The predicted molar refractivity (Wildman–Crippen MR) is 561 cm³/mol. The van der Waals surface area contributed by atoms with Crippen LogP contribution in [0, 0.1) is 189 Å². The highest BCUT2D eigenvalue weighted by Gasteiger charge is 2.33. The maximum absolute atomic E-state index is 14.4. The summed E-state index contributed by atoms with van der Waals surface area (Å²) in [4.78, 5) is 0. The Morgan fingerprint density at radius 3 is 0.746 bits per heavy atom. The molecule has 0 N–H and O–H groups in total. The standard InChI is InChI=1S/C20H26ClF.C20H26F2.3C16H22ClF.2C16H22F2.7H2/c2*1-13-3-6-15(7-4-13)16-8-10-17(11-9-16)18-12-5-14(2)19(21)20(18)22;2*1-11-3-6-13(7-4-11)8-10-14-9-5-12(2)16(18)15(14)17;3*1-11-3-6-13(7-4-11)8-10-14-9-5-12(2)15(17)16(14)18;;;;;;;/h2*5-6,12-13,16-17H,3-4,7-11H2,1-2H3;5*5,9,11,13H,3-4,6-8,10H2,1-2H3;7*1H. The van der Waals surface area contributed by atoms with E-state index in [-0.39, 0.29) is 39.2 Å². The second kappa shape index (κ2) is 55.0. The van der Waals surface area contributed by atoms with Crippen molar-refractivity contribution in [2.24, 2.45) is 82.9 Å². The van der Waals surface area contributed by atoms with Crippen molar-refractivity contribution < 1.29 is 53.9 Å². The number of benzene rings is 7. The Morgan fingerprint density at radius 2 is 0.448 bits per heavy atom. The van der Waals surface area contributed by atoms with Gasteiger partial charge in [0.25, 0.3) is 0 Å². The van der Waals surface area contributed by atoms with Crippen molar-refractivity contribution in [1.29, 1.82) is 0 Å². The molecule has 0 amide bonds. The first-order chi connectivity index (χ1) is 64.0. The molecule has 7 aromatic carbocycles. The van der Waals surface area contributed by atoms with Gasteiger partial charge in [-0.05, 0) is 375 Å². The van der Waals surface area contributed by atoms with Gasteiger partial charge >= 0.3 is 0 Å². The molecule has 0 nitrogen and oxygen atoms in total. The number of halogens is 14. The van der Waals surface area contributed by atoms with Crippen LogP contribution in [-0.2, 0) is 32.1 Å². The molecule has 9 aliphatic rings. The van der Waals surface area contributed by atoms with Gasteiger partial charge in [0.15, 0.2) is 34.9 Å². The second-order valence-corrected chi connectivity index (χ2v) is 45.3. The zero-order valence-corrected chi connectivity index (χ0v) is 86.9. The van der Waals surface area contributed by atoms with Crippen molar-refractivity contribution >= 4 is 46.4 Å². The smallest absolute Gasteiger partial charge is 0.162 e. The summed E-state index contributed by atoms with van der Waals surface area (Å²) in [6.45, 7) is 28.3. The number of allylic oxidation sites excluding steroid dienone is 4. The van der Waals surface area contributed by atoms with Crippen molar-refractivity contribution in [3.8, 4) is 0 Å². The van der Waals surface area contributed by atoms with Crippen LogP contribution in [0.15, 0.2) is 108 Å². The van der Waals surface area contributed by atoms with Crippen LogP contribution in [0.25, 0.3) is 0 Å². The van der Waals surface area contributed by atoms with Gasteiger partial charge in [-0.1, -0.05) is 332 Å². The van der Waals surface area contributed by atoms with Crippen molar-refractivity contribution in [2.75, 3.05) is 0 Å². The summed E-state index contributed by atoms with van der Waals surface area (Å²) >= 11 is 24.2. The molecule has 7 aromatic rings. The van der Waals surface area contributed by atoms with Crippen LogP contribution in [0.2, 0.25) is 20.1 Å². The average Bonchev–Trinajstić information content (AvgIpc) is 0.800. The summed E-state index contributed by atoms with van der Waals surface area (Å²) in [6, 6.07) is 25.7. The summed E-state index contributed by atoms with van der Waals surface area (Å²) in [6.07, 6.45) is 56.9. The van der Waals surface area contributed by atoms with Gasteiger partial charge in [-0.3, -0.25) is 0 Å². The van der Waals surface area contributed by atoms with E-state index in [1.807, 2.05) is 62.4 Å². The maximum atomic E-state index is 14.4. The fourth-order valence-corrected chi connectivity index (χ4v) is 23.5. The van der Waals surface area contributed by atoms with Crippen molar-refractivity contribution in [3.63, 3.8) is 0 Å². The van der Waals surface area contributed by atoms with Crippen molar-refractivity contribution in [1.82, 2.24) is 0 Å². The van der Waals surface area contributed by atoms with E-state index >= 15 is 0 Å². The van der Waals surface area contributed by atoms with Crippen LogP contribution in [0.5, 0.6) is 0 Å². The zero-order chi connectivity index (χ0) is 97.0. The van der Waals surface area contributed by atoms with Crippen molar-refractivity contribution in [2.45, 2.75) is 391 Å². The van der Waals surface area contributed by atoms with Gasteiger partial charge in [0.1, 0.15) is 23.3 Å². The van der Waals surface area contributed by atoms with Crippen LogP contribution in [0.4, 0.5) is 43.9 Å². The summed E-state index contributed by atoms with van der Waals surface area (Å²) in [5.41, 5.74) is 12.6. The van der Waals surface area contributed by atoms with E-state index in [9.17, 15) is 43.9 Å². The van der Waals surface area contributed by atoms with E-state index in [1.165, 1.54) is 180 Å². The molecular formula is C120H176Cl4F10. The quantitative estimate of drug-likeness (QED) is 0.0559. The van der Waals surface area contributed by atoms with Gasteiger partial charge in [0, 0.05) is 9.99 Å². The van der Waals surface area contributed by atoms with E-state index in [4.69, 9.17) is 46.4 Å². The van der Waals surface area contributed by atoms with Gasteiger partial charge < -0.3 is 0 Å². The summed E-state index contributed by atoms with van der Waals surface area (Å²) in [5, 5.41) is 1.27. The lowest BCUT2D eigenvalue weighted by molar-refractivity contribution is 0.277. The molecule has 0 aromatic heterocycles. The second-order valence-electron chi connectivity index (χ2n) is 43.8. The lowest BCUT2D eigenvalue weighted by Crippen LogP contribution is -2.18. The number of rotatable bonds is 19. The topological polar surface area (TPSA) is 0 Å². The highest BCUT2D eigenvalue weighted by atomic mass is 35.5. The van der Waals surface area contributed by atoms with Gasteiger partial charge in [0.2, 0.25) is 0 Å². The third kappa shape index (κ3) is 33.3. The Balaban J connectivity index is 0.000000420. The molecule has 7 fully saturated rings.